The number of aromatic nitrogens is 1. The van der Waals surface area contributed by atoms with Crippen LogP contribution in [0.4, 0.5) is 22.9 Å². The Morgan fingerprint density at radius 1 is 0.971 bits per heavy atom. The highest BCUT2D eigenvalue weighted by atomic mass is 16.4. The zero-order valence-corrected chi connectivity index (χ0v) is 20.9. The van der Waals surface area contributed by atoms with Crippen molar-refractivity contribution in [1.29, 1.82) is 0 Å². The summed E-state index contributed by atoms with van der Waals surface area (Å²) in [6, 6.07) is 20.2. The summed E-state index contributed by atoms with van der Waals surface area (Å²) in [5.74, 6) is 2.10. The molecule has 35 heavy (non-hydrogen) atoms. The first kappa shape index (κ1) is 23.4. The number of rotatable bonds is 6. The number of benzene rings is 2. The van der Waals surface area contributed by atoms with Crippen LogP contribution in [0, 0.1) is 17.8 Å². The summed E-state index contributed by atoms with van der Waals surface area (Å²) in [7, 11) is 1.83. The van der Waals surface area contributed by atoms with Crippen LogP contribution in [0.25, 0.3) is 0 Å². The second kappa shape index (κ2) is 9.37. The molecule has 5 nitrogen and oxygen atoms in total. The maximum Gasteiger partial charge on any atom is 0.339 e. The monoisotopic (exact) mass is 469 g/mol. The number of carboxylic acids is 1. The van der Waals surface area contributed by atoms with Gasteiger partial charge in [0.05, 0.1) is 0 Å². The van der Waals surface area contributed by atoms with Crippen LogP contribution >= 0.6 is 0 Å². The van der Waals surface area contributed by atoms with Crippen LogP contribution in [0.2, 0.25) is 0 Å². The van der Waals surface area contributed by atoms with Crippen LogP contribution in [-0.4, -0.2) is 23.1 Å². The Balaban J connectivity index is 1.26. The molecule has 0 amide bonds. The maximum absolute atomic E-state index is 11.5. The average Bonchev–Trinajstić information content (AvgIpc) is 2.83. The van der Waals surface area contributed by atoms with Gasteiger partial charge in [0, 0.05) is 30.3 Å². The van der Waals surface area contributed by atoms with E-state index in [0.29, 0.717) is 11.2 Å². The van der Waals surface area contributed by atoms with Crippen molar-refractivity contribution in [2.24, 2.45) is 17.8 Å². The van der Waals surface area contributed by atoms with Gasteiger partial charge in [0.25, 0.3) is 0 Å². The van der Waals surface area contributed by atoms with E-state index in [4.69, 9.17) is 0 Å². The summed E-state index contributed by atoms with van der Waals surface area (Å²) in [6.45, 7) is 4.90. The third kappa shape index (κ3) is 4.90. The van der Waals surface area contributed by atoms with Crippen molar-refractivity contribution in [2.45, 2.75) is 51.4 Å². The molecule has 2 fully saturated rings. The Morgan fingerprint density at radius 3 is 2.17 bits per heavy atom. The lowest BCUT2D eigenvalue weighted by molar-refractivity contribution is 0.0697. The van der Waals surface area contributed by atoms with E-state index in [1.54, 1.807) is 23.2 Å². The highest BCUT2D eigenvalue weighted by Gasteiger charge is 2.41. The molecule has 5 heteroatoms. The molecule has 2 unspecified atom stereocenters. The molecule has 2 N–H and O–H groups in total. The smallest absolute Gasteiger partial charge is 0.339 e. The number of hydrogen-bond donors (Lipinski definition) is 2. The van der Waals surface area contributed by atoms with Gasteiger partial charge in [-0.25, -0.2) is 9.78 Å². The number of carbonyl (C=O) groups is 1. The Morgan fingerprint density at radius 2 is 1.57 bits per heavy atom. The third-order valence-corrected chi connectivity index (χ3v) is 8.08. The fourth-order valence-corrected chi connectivity index (χ4v) is 6.67. The number of nitrogens with one attached hydrogen (secondary N) is 1. The number of anilines is 4. The fraction of sp³-hybridized carbons (Fsp3) is 0.400. The highest BCUT2D eigenvalue weighted by molar-refractivity contribution is 5.94. The average molecular weight is 470 g/mol. The lowest BCUT2D eigenvalue weighted by Crippen LogP contribution is -2.38. The van der Waals surface area contributed by atoms with E-state index in [1.807, 2.05) is 31.3 Å². The van der Waals surface area contributed by atoms with Crippen LogP contribution in [0.5, 0.6) is 0 Å². The lowest BCUT2D eigenvalue weighted by Gasteiger charge is -2.47. The first-order valence-electron chi connectivity index (χ1n) is 12.7. The Bertz CT molecular complexity index is 1170. The zero-order valence-electron chi connectivity index (χ0n) is 20.9. The topological polar surface area (TPSA) is 65.5 Å². The molecule has 2 saturated carbocycles. The molecular formula is C30H35N3O2. The largest absolute Gasteiger partial charge is 0.478 e. The van der Waals surface area contributed by atoms with Gasteiger partial charge in [0.1, 0.15) is 11.4 Å². The number of fused-ring (bicyclic) bond motifs is 2. The summed E-state index contributed by atoms with van der Waals surface area (Å²) >= 11 is 0. The van der Waals surface area contributed by atoms with Crippen molar-refractivity contribution in [3.63, 3.8) is 0 Å². The zero-order chi connectivity index (χ0) is 24.6. The van der Waals surface area contributed by atoms with E-state index in [1.165, 1.54) is 37.7 Å². The predicted octanol–water partition coefficient (Wildman–Crippen LogP) is 7.40. The van der Waals surface area contributed by atoms with Crippen molar-refractivity contribution in [3.05, 3.63) is 78.0 Å². The minimum atomic E-state index is -0.985. The van der Waals surface area contributed by atoms with Gasteiger partial charge in [-0.05, 0) is 109 Å². The summed E-state index contributed by atoms with van der Waals surface area (Å²) in [6.07, 6.45) is 8.47. The molecule has 0 radical (unpaired) electrons. The molecule has 1 heterocycles. The predicted molar refractivity (Wildman–Crippen MR) is 142 cm³/mol. The van der Waals surface area contributed by atoms with E-state index in [-0.39, 0.29) is 5.56 Å². The van der Waals surface area contributed by atoms with Gasteiger partial charge < -0.3 is 15.3 Å². The van der Waals surface area contributed by atoms with Gasteiger partial charge in [0.2, 0.25) is 0 Å². The summed E-state index contributed by atoms with van der Waals surface area (Å²) < 4.78 is 0. The molecule has 2 atom stereocenters. The molecule has 1 aromatic heterocycles. The van der Waals surface area contributed by atoms with Gasteiger partial charge in [0.15, 0.2) is 0 Å². The molecule has 0 aliphatic heterocycles. The second-order valence-electron chi connectivity index (χ2n) is 11.0. The molecule has 2 aromatic carbocycles. The van der Waals surface area contributed by atoms with Gasteiger partial charge >= 0.3 is 5.97 Å². The van der Waals surface area contributed by atoms with Crippen molar-refractivity contribution in [2.75, 3.05) is 17.3 Å². The Kier molecular flexibility index (Phi) is 6.26. The standard InChI is InChI=1S/C30H35N3O2/c1-20-15-21-17-22(16-20)19-30(2,18-21)23-6-8-24(9-7-23)32-25-10-12-26(13-11-25)33(3)28-27(29(34)35)5-4-14-31-28/h4-14,20-22,32H,15-19H2,1-3H3,(H,34,35). The van der Waals surface area contributed by atoms with Gasteiger partial charge in [-0.3, -0.25) is 0 Å². The number of nitrogens with zero attached hydrogens (tertiary/aromatic N) is 2. The quantitative estimate of drug-likeness (QED) is 0.394. The van der Waals surface area contributed by atoms with Crippen LogP contribution < -0.4 is 10.2 Å². The van der Waals surface area contributed by atoms with Gasteiger partial charge in [-0.15, -0.1) is 0 Å². The fourth-order valence-electron chi connectivity index (χ4n) is 6.67. The summed E-state index contributed by atoms with van der Waals surface area (Å²) in [5.41, 5.74) is 4.87. The molecule has 2 aliphatic rings. The minimum absolute atomic E-state index is 0.182. The Labute approximate surface area is 208 Å². The van der Waals surface area contributed by atoms with Crippen LogP contribution in [0.15, 0.2) is 66.9 Å². The van der Waals surface area contributed by atoms with Gasteiger partial charge in [-0.1, -0.05) is 26.0 Å². The van der Waals surface area contributed by atoms with Crippen molar-refractivity contribution in [3.8, 4) is 0 Å². The number of hydrogen-bond acceptors (Lipinski definition) is 4. The van der Waals surface area contributed by atoms with E-state index in [2.05, 4.69) is 48.4 Å². The number of pyridine rings is 1. The molecule has 3 aromatic rings. The molecular weight excluding hydrogens is 434 g/mol. The normalized spacial score (nSPS) is 25.6. The molecule has 0 spiro atoms. The number of aromatic carboxylic acids is 1. The lowest BCUT2D eigenvalue weighted by atomic mass is 9.57. The molecule has 182 valence electrons. The Hall–Kier alpha value is -3.34. The van der Waals surface area contributed by atoms with Crippen molar-refractivity contribution in [1.82, 2.24) is 4.98 Å². The van der Waals surface area contributed by atoms with Crippen LogP contribution in [0.3, 0.4) is 0 Å². The van der Waals surface area contributed by atoms with Crippen LogP contribution in [0.1, 0.15) is 61.9 Å². The molecule has 2 aliphatic carbocycles. The van der Waals surface area contributed by atoms with Crippen molar-refractivity contribution < 1.29 is 9.90 Å². The summed E-state index contributed by atoms with van der Waals surface area (Å²) in [5, 5.41) is 13.0. The molecule has 2 bridgehead atoms. The maximum atomic E-state index is 11.5. The van der Waals surface area contributed by atoms with Crippen molar-refractivity contribution >= 4 is 28.8 Å². The van der Waals surface area contributed by atoms with E-state index in [0.717, 1.165) is 34.8 Å². The first-order valence-corrected chi connectivity index (χ1v) is 12.7. The van der Waals surface area contributed by atoms with Crippen LogP contribution in [-0.2, 0) is 5.41 Å². The highest BCUT2D eigenvalue weighted by Crippen LogP contribution is 2.51. The number of carboxylic acid groups (broad SMARTS) is 1. The minimum Gasteiger partial charge on any atom is -0.478 e. The third-order valence-electron chi connectivity index (χ3n) is 8.08. The van der Waals surface area contributed by atoms with Gasteiger partial charge in [-0.2, -0.15) is 0 Å². The molecule has 0 saturated heterocycles. The first-order chi connectivity index (χ1) is 16.8. The SMILES string of the molecule is CC1CC2CC(C1)CC(C)(c1ccc(Nc3ccc(N(C)c4ncccc4C(=O)O)cc3)cc1)C2. The van der Waals surface area contributed by atoms with E-state index >= 15 is 0 Å². The second-order valence-corrected chi connectivity index (χ2v) is 11.0. The molecule has 5 rings (SSSR count). The summed E-state index contributed by atoms with van der Waals surface area (Å²) in [4.78, 5) is 17.6. The van der Waals surface area contributed by atoms with E-state index < -0.39 is 5.97 Å². The van der Waals surface area contributed by atoms with E-state index in [9.17, 15) is 9.90 Å².